The molecule has 24 heavy (non-hydrogen) atoms. The first-order valence-corrected chi connectivity index (χ1v) is 7.32. The van der Waals surface area contributed by atoms with Gasteiger partial charge in [-0.05, 0) is 29.8 Å². The monoisotopic (exact) mass is 329 g/mol. The number of aliphatic carboxylic acids is 1. The minimum absolute atomic E-state index is 0.0697. The van der Waals surface area contributed by atoms with Gasteiger partial charge in [-0.3, -0.25) is 9.78 Å². The SMILES string of the molecule is O=C(NC(Cc1ccncc1)C(=O)O)c1ccc2c(n1)OCCO2. The quantitative estimate of drug-likeness (QED) is 0.829. The number of hydrogen-bond acceptors (Lipinski definition) is 6. The summed E-state index contributed by atoms with van der Waals surface area (Å²) in [6.07, 6.45) is 3.28. The minimum Gasteiger partial charge on any atom is -0.484 e. The molecule has 3 rings (SSSR count). The van der Waals surface area contributed by atoms with E-state index < -0.39 is 17.9 Å². The molecule has 0 aromatic carbocycles. The van der Waals surface area contributed by atoms with Crippen LogP contribution in [0.2, 0.25) is 0 Å². The van der Waals surface area contributed by atoms with E-state index in [1.54, 1.807) is 30.6 Å². The molecule has 0 spiro atoms. The number of carboxylic acids is 1. The summed E-state index contributed by atoms with van der Waals surface area (Å²) in [5.74, 6) is -1.02. The molecule has 1 atom stereocenters. The van der Waals surface area contributed by atoms with Crippen LogP contribution in [0.5, 0.6) is 11.6 Å². The number of ether oxygens (including phenoxy) is 2. The molecule has 0 saturated heterocycles. The molecule has 1 unspecified atom stereocenters. The summed E-state index contributed by atoms with van der Waals surface area (Å²) in [6, 6.07) is 5.37. The van der Waals surface area contributed by atoms with Crippen LogP contribution in [-0.4, -0.2) is 46.2 Å². The highest BCUT2D eigenvalue weighted by Crippen LogP contribution is 2.27. The molecular weight excluding hydrogens is 314 g/mol. The Morgan fingerprint density at radius 3 is 2.67 bits per heavy atom. The van der Waals surface area contributed by atoms with E-state index in [1.165, 1.54) is 6.07 Å². The molecule has 2 N–H and O–H groups in total. The zero-order valence-corrected chi connectivity index (χ0v) is 12.6. The van der Waals surface area contributed by atoms with Gasteiger partial charge in [0, 0.05) is 18.8 Å². The Balaban J connectivity index is 1.72. The highest BCUT2D eigenvalue weighted by Gasteiger charge is 2.23. The fourth-order valence-electron chi connectivity index (χ4n) is 2.24. The standard InChI is InChI=1S/C16H15N3O5/c20-14(11-1-2-13-15(19-11)24-8-7-23-13)18-12(16(21)22)9-10-3-5-17-6-4-10/h1-6,12H,7-9H2,(H,18,20)(H,21,22). The molecule has 0 bridgehead atoms. The number of carbonyl (C=O) groups excluding carboxylic acids is 1. The van der Waals surface area contributed by atoms with Crippen molar-refractivity contribution in [2.75, 3.05) is 13.2 Å². The molecule has 0 aliphatic carbocycles. The van der Waals surface area contributed by atoms with E-state index in [4.69, 9.17) is 9.47 Å². The van der Waals surface area contributed by atoms with Crippen LogP contribution in [0.25, 0.3) is 0 Å². The van der Waals surface area contributed by atoms with Crippen LogP contribution in [-0.2, 0) is 11.2 Å². The lowest BCUT2D eigenvalue weighted by Gasteiger charge is -2.18. The molecule has 0 fully saturated rings. The van der Waals surface area contributed by atoms with Crippen molar-refractivity contribution in [3.63, 3.8) is 0 Å². The van der Waals surface area contributed by atoms with Crippen LogP contribution in [0.4, 0.5) is 0 Å². The second-order valence-electron chi connectivity index (χ2n) is 5.12. The number of hydrogen-bond donors (Lipinski definition) is 2. The number of nitrogens with zero attached hydrogens (tertiary/aromatic N) is 2. The van der Waals surface area contributed by atoms with Crippen molar-refractivity contribution in [3.05, 3.63) is 47.9 Å². The number of nitrogens with one attached hydrogen (secondary N) is 1. The maximum absolute atomic E-state index is 12.3. The van der Waals surface area contributed by atoms with Gasteiger partial charge in [0.25, 0.3) is 11.8 Å². The largest absolute Gasteiger partial charge is 0.484 e. The van der Waals surface area contributed by atoms with E-state index in [-0.39, 0.29) is 18.0 Å². The van der Waals surface area contributed by atoms with Crippen molar-refractivity contribution in [1.29, 1.82) is 0 Å². The number of pyridine rings is 2. The van der Waals surface area contributed by atoms with Gasteiger partial charge in [-0.1, -0.05) is 0 Å². The van der Waals surface area contributed by atoms with Crippen molar-refractivity contribution in [2.24, 2.45) is 0 Å². The van der Waals surface area contributed by atoms with E-state index in [1.807, 2.05) is 0 Å². The topological polar surface area (TPSA) is 111 Å². The number of fused-ring (bicyclic) bond motifs is 1. The van der Waals surface area contributed by atoms with Gasteiger partial charge in [0.2, 0.25) is 0 Å². The Bertz CT molecular complexity index is 751. The summed E-state index contributed by atoms with van der Waals surface area (Å²) < 4.78 is 10.7. The zero-order valence-electron chi connectivity index (χ0n) is 12.6. The van der Waals surface area contributed by atoms with E-state index in [9.17, 15) is 14.7 Å². The van der Waals surface area contributed by atoms with E-state index in [0.29, 0.717) is 19.0 Å². The molecule has 1 amide bonds. The molecule has 2 aromatic rings. The Labute approximate surface area is 137 Å². The Kier molecular flexibility index (Phi) is 4.55. The zero-order chi connectivity index (χ0) is 16.9. The normalized spacial score (nSPS) is 13.8. The Morgan fingerprint density at radius 1 is 1.17 bits per heavy atom. The fourth-order valence-corrected chi connectivity index (χ4v) is 2.24. The van der Waals surface area contributed by atoms with Crippen molar-refractivity contribution < 1.29 is 24.2 Å². The minimum atomic E-state index is -1.13. The Morgan fingerprint density at radius 2 is 1.92 bits per heavy atom. The average molecular weight is 329 g/mol. The molecule has 2 aromatic heterocycles. The first kappa shape index (κ1) is 15.7. The smallest absolute Gasteiger partial charge is 0.326 e. The van der Waals surface area contributed by atoms with Crippen LogP contribution in [0.1, 0.15) is 16.1 Å². The number of carboxylic acid groups (broad SMARTS) is 1. The third-order valence-corrected chi connectivity index (χ3v) is 3.43. The summed E-state index contributed by atoms with van der Waals surface area (Å²) in [4.78, 5) is 31.6. The maximum Gasteiger partial charge on any atom is 0.326 e. The second kappa shape index (κ2) is 6.95. The number of carbonyl (C=O) groups is 2. The molecule has 8 heteroatoms. The first-order valence-electron chi connectivity index (χ1n) is 7.32. The molecule has 124 valence electrons. The molecule has 1 aliphatic heterocycles. The lowest BCUT2D eigenvalue weighted by molar-refractivity contribution is -0.139. The van der Waals surface area contributed by atoms with Gasteiger partial charge in [0.15, 0.2) is 5.75 Å². The summed E-state index contributed by atoms with van der Waals surface area (Å²) in [6.45, 7) is 0.776. The molecule has 0 radical (unpaired) electrons. The lowest BCUT2D eigenvalue weighted by Crippen LogP contribution is -2.42. The summed E-state index contributed by atoms with van der Waals surface area (Å²) in [5.41, 5.74) is 0.827. The van der Waals surface area contributed by atoms with Gasteiger partial charge in [-0.2, -0.15) is 0 Å². The van der Waals surface area contributed by atoms with Gasteiger partial charge in [0.05, 0.1) is 0 Å². The first-order chi connectivity index (χ1) is 11.6. The van der Waals surface area contributed by atoms with Crippen molar-refractivity contribution in [2.45, 2.75) is 12.5 Å². The van der Waals surface area contributed by atoms with Crippen LogP contribution in [0.15, 0.2) is 36.7 Å². The molecule has 1 aliphatic rings. The van der Waals surface area contributed by atoms with E-state index in [2.05, 4.69) is 15.3 Å². The van der Waals surface area contributed by atoms with Crippen LogP contribution < -0.4 is 14.8 Å². The average Bonchev–Trinajstić information content (AvgIpc) is 2.61. The van der Waals surface area contributed by atoms with Gasteiger partial charge in [0.1, 0.15) is 24.9 Å². The van der Waals surface area contributed by atoms with Crippen molar-refractivity contribution in [3.8, 4) is 11.6 Å². The number of aromatic nitrogens is 2. The van der Waals surface area contributed by atoms with Gasteiger partial charge in [-0.15, -0.1) is 0 Å². The lowest BCUT2D eigenvalue weighted by atomic mass is 10.1. The van der Waals surface area contributed by atoms with Crippen LogP contribution >= 0.6 is 0 Å². The summed E-state index contributed by atoms with van der Waals surface area (Å²) >= 11 is 0. The maximum atomic E-state index is 12.3. The summed E-state index contributed by atoms with van der Waals surface area (Å²) in [7, 11) is 0. The predicted molar refractivity (Wildman–Crippen MR) is 82.1 cm³/mol. The van der Waals surface area contributed by atoms with Gasteiger partial charge in [-0.25, -0.2) is 9.78 Å². The van der Waals surface area contributed by atoms with Crippen LogP contribution in [0.3, 0.4) is 0 Å². The number of rotatable bonds is 5. The van der Waals surface area contributed by atoms with Gasteiger partial charge >= 0.3 is 5.97 Å². The highest BCUT2D eigenvalue weighted by molar-refractivity contribution is 5.95. The summed E-state index contributed by atoms with van der Waals surface area (Å²) in [5, 5.41) is 11.8. The molecule has 8 nitrogen and oxygen atoms in total. The molecular formula is C16H15N3O5. The van der Waals surface area contributed by atoms with Crippen molar-refractivity contribution >= 4 is 11.9 Å². The van der Waals surface area contributed by atoms with E-state index >= 15 is 0 Å². The Hall–Kier alpha value is -3.16. The molecule has 3 heterocycles. The third kappa shape index (κ3) is 3.60. The van der Waals surface area contributed by atoms with Gasteiger partial charge < -0.3 is 19.9 Å². The second-order valence-corrected chi connectivity index (χ2v) is 5.12. The molecule has 0 saturated carbocycles. The van der Waals surface area contributed by atoms with E-state index in [0.717, 1.165) is 5.56 Å². The fraction of sp³-hybridized carbons (Fsp3) is 0.250. The predicted octanol–water partition coefficient (Wildman–Crippen LogP) is 0.673. The third-order valence-electron chi connectivity index (χ3n) is 3.43. The van der Waals surface area contributed by atoms with Crippen LogP contribution in [0, 0.1) is 0 Å². The van der Waals surface area contributed by atoms with Crippen molar-refractivity contribution in [1.82, 2.24) is 15.3 Å². The number of amides is 1. The highest BCUT2D eigenvalue weighted by atomic mass is 16.6.